The number of hydrogen-bond donors (Lipinski definition) is 2. The Morgan fingerprint density at radius 2 is 1.62 bits per heavy atom. The number of alkyl carbamates (subject to hydrolysis) is 1. The molecule has 0 bridgehead atoms. The summed E-state index contributed by atoms with van der Waals surface area (Å²) in [5.74, 6) is -3.47. The van der Waals surface area contributed by atoms with Crippen LogP contribution in [0.1, 0.15) is 89.5 Å². The molecule has 0 aliphatic carbocycles. The topological polar surface area (TPSA) is 143 Å². The quantitative estimate of drug-likeness (QED) is 0.0370. The standard InChI is InChI=1S/C37H49N3O7S3/c1-8-9-10-11-12-13-17-22-27(34(42)46-6)33(41)40(28-23-18-19-25(2)31(28)26-20-15-14-16-21-26)50(44,45)30-24-29(49-35(30)48-7)32(38)39-36(43)47-37(3,4)5/h14-16,18-21,23-24,27H,8-13,17,22H2,1-7H3,(H2,38,39,43). The van der Waals surface area contributed by atoms with Crippen LogP contribution >= 0.6 is 23.1 Å². The summed E-state index contributed by atoms with van der Waals surface area (Å²) in [6, 6.07) is 15.5. The van der Waals surface area contributed by atoms with E-state index in [4.69, 9.17) is 14.9 Å². The van der Waals surface area contributed by atoms with Crippen molar-refractivity contribution < 1.29 is 32.3 Å². The number of sulfonamides is 1. The molecule has 50 heavy (non-hydrogen) atoms. The number of methoxy groups -OCH3 is 1. The van der Waals surface area contributed by atoms with E-state index < -0.39 is 39.5 Å². The van der Waals surface area contributed by atoms with Crippen LogP contribution in [0.2, 0.25) is 0 Å². The van der Waals surface area contributed by atoms with Gasteiger partial charge in [0.05, 0.1) is 21.9 Å². The lowest BCUT2D eigenvalue weighted by atomic mass is 9.96. The summed E-state index contributed by atoms with van der Waals surface area (Å²) in [6.07, 6.45) is 7.64. The van der Waals surface area contributed by atoms with Gasteiger partial charge in [-0.05, 0) is 63.6 Å². The number of carbonyl (C=O) groups excluding carboxylic acids is 3. The molecule has 0 aliphatic heterocycles. The average Bonchev–Trinajstić information content (AvgIpc) is 3.51. The van der Waals surface area contributed by atoms with Crippen LogP contribution in [0.25, 0.3) is 11.1 Å². The highest BCUT2D eigenvalue weighted by Gasteiger charge is 2.42. The molecule has 3 aromatic rings. The molecule has 1 heterocycles. The Morgan fingerprint density at radius 3 is 2.22 bits per heavy atom. The Labute approximate surface area is 304 Å². The number of anilines is 1. The molecule has 0 radical (unpaired) electrons. The molecule has 0 saturated heterocycles. The first-order chi connectivity index (χ1) is 23.7. The van der Waals surface area contributed by atoms with Crippen molar-refractivity contribution in [1.82, 2.24) is 5.32 Å². The largest absolute Gasteiger partial charge is 0.468 e. The zero-order chi connectivity index (χ0) is 37.1. The predicted molar refractivity (Wildman–Crippen MR) is 202 cm³/mol. The molecule has 272 valence electrons. The minimum atomic E-state index is -4.72. The zero-order valence-corrected chi connectivity index (χ0v) is 32.4. The number of unbranched alkanes of at least 4 members (excludes halogenated alkanes) is 6. The molecule has 0 aliphatic rings. The maximum atomic E-state index is 15.0. The predicted octanol–water partition coefficient (Wildman–Crippen LogP) is 8.95. The Morgan fingerprint density at radius 1 is 0.980 bits per heavy atom. The highest BCUT2D eigenvalue weighted by atomic mass is 32.2. The summed E-state index contributed by atoms with van der Waals surface area (Å²) in [4.78, 5) is 40.3. The molecule has 13 heteroatoms. The minimum Gasteiger partial charge on any atom is -0.468 e. The zero-order valence-electron chi connectivity index (χ0n) is 30.0. The number of amides is 2. The van der Waals surface area contributed by atoms with Crippen LogP contribution < -0.4 is 9.62 Å². The number of aryl methyl sites for hydroxylation is 1. The third kappa shape index (κ3) is 10.7. The molecule has 0 fully saturated rings. The monoisotopic (exact) mass is 743 g/mol. The number of rotatable bonds is 16. The van der Waals surface area contributed by atoms with Gasteiger partial charge in [-0.15, -0.1) is 23.1 Å². The number of amidine groups is 1. The van der Waals surface area contributed by atoms with Crippen molar-refractivity contribution in [2.75, 3.05) is 17.7 Å². The van der Waals surface area contributed by atoms with E-state index in [1.165, 1.54) is 13.2 Å². The normalized spacial score (nSPS) is 12.2. The molecule has 1 unspecified atom stereocenters. The van der Waals surface area contributed by atoms with Gasteiger partial charge in [-0.2, -0.15) is 0 Å². The summed E-state index contributed by atoms with van der Waals surface area (Å²) in [7, 11) is -3.53. The van der Waals surface area contributed by atoms with Gasteiger partial charge < -0.3 is 9.47 Å². The van der Waals surface area contributed by atoms with Gasteiger partial charge in [-0.1, -0.05) is 94.3 Å². The van der Waals surface area contributed by atoms with Gasteiger partial charge in [0, 0.05) is 5.56 Å². The molecule has 0 spiro atoms. The van der Waals surface area contributed by atoms with E-state index in [0.717, 1.165) is 71.5 Å². The first-order valence-corrected chi connectivity index (χ1v) is 20.2. The van der Waals surface area contributed by atoms with Crippen molar-refractivity contribution in [3.63, 3.8) is 0 Å². The van der Waals surface area contributed by atoms with Crippen LogP contribution in [0.3, 0.4) is 0 Å². The number of carbonyl (C=O) groups is 3. The molecule has 2 aromatic carbocycles. The summed E-state index contributed by atoms with van der Waals surface area (Å²) >= 11 is 2.12. The number of ether oxygens (including phenoxy) is 2. The Balaban J connectivity index is 2.16. The molecule has 1 atom stereocenters. The van der Waals surface area contributed by atoms with Crippen molar-refractivity contribution in [1.29, 1.82) is 5.41 Å². The van der Waals surface area contributed by atoms with Crippen molar-refractivity contribution in [2.24, 2.45) is 5.92 Å². The number of hydrogen-bond acceptors (Lipinski definition) is 10. The number of benzene rings is 2. The highest BCUT2D eigenvalue weighted by Crippen LogP contribution is 2.42. The second kappa shape index (κ2) is 18.5. The maximum Gasteiger partial charge on any atom is 0.413 e. The van der Waals surface area contributed by atoms with Crippen molar-refractivity contribution in [3.8, 4) is 11.1 Å². The van der Waals surface area contributed by atoms with E-state index in [1.54, 1.807) is 39.2 Å². The lowest BCUT2D eigenvalue weighted by Crippen LogP contribution is -2.44. The van der Waals surface area contributed by atoms with Gasteiger partial charge in [-0.25, -0.2) is 17.5 Å². The van der Waals surface area contributed by atoms with Crippen LogP contribution in [0.15, 0.2) is 63.7 Å². The molecule has 10 nitrogen and oxygen atoms in total. The van der Waals surface area contributed by atoms with Gasteiger partial charge in [-0.3, -0.25) is 20.3 Å². The van der Waals surface area contributed by atoms with Gasteiger partial charge >= 0.3 is 12.1 Å². The summed E-state index contributed by atoms with van der Waals surface area (Å²) < 4.78 is 41.3. The molecule has 1 aromatic heterocycles. The van der Waals surface area contributed by atoms with E-state index in [1.807, 2.05) is 43.3 Å². The molecular formula is C37H49N3O7S3. The fourth-order valence-corrected chi connectivity index (χ4v) is 9.55. The van der Waals surface area contributed by atoms with E-state index >= 15 is 0 Å². The number of nitrogens with zero attached hydrogens (tertiary/aromatic N) is 1. The van der Waals surface area contributed by atoms with Crippen LogP contribution in [-0.4, -0.2) is 51.2 Å². The summed E-state index contributed by atoms with van der Waals surface area (Å²) in [6.45, 7) is 9.04. The lowest BCUT2D eigenvalue weighted by Gasteiger charge is -2.28. The van der Waals surface area contributed by atoms with E-state index in [2.05, 4.69) is 12.2 Å². The maximum absolute atomic E-state index is 15.0. The van der Waals surface area contributed by atoms with E-state index in [9.17, 15) is 22.8 Å². The number of esters is 1. The summed E-state index contributed by atoms with van der Waals surface area (Å²) in [5.41, 5.74) is 1.22. The van der Waals surface area contributed by atoms with Gasteiger partial charge in [0.1, 0.15) is 22.3 Å². The molecule has 3 rings (SSSR count). The van der Waals surface area contributed by atoms with Crippen LogP contribution in [0.5, 0.6) is 0 Å². The third-order valence-electron chi connectivity index (χ3n) is 7.85. The van der Waals surface area contributed by atoms with Crippen molar-refractivity contribution >= 4 is 62.6 Å². The van der Waals surface area contributed by atoms with Gasteiger partial charge in [0.25, 0.3) is 15.9 Å². The lowest BCUT2D eigenvalue weighted by molar-refractivity contribution is -0.149. The molecule has 0 saturated carbocycles. The smallest absolute Gasteiger partial charge is 0.413 e. The van der Waals surface area contributed by atoms with Crippen LogP contribution in [-0.2, 0) is 29.1 Å². The van der Waals surface area contributed by atoms with Crippen molar-refractivity contribution in [3.05, 3.63) is 65.0 Å². The second-order valence-corrected chi connectivity index (χ2v) is 16.8. The Kier molecular flexibility index (Phi) is 15.1. The minimum absolute atomic E-state index is 0.0939. The number of thioether (sulfide) groups is 1. The molecular weight excluding hydrogens is 695 g/mol. The first kappa shape index (κ1) is 40.7. The van der Waals surface area contributed by atoms with E-state index in [-0.39, 0.29) is 27.7 Å². The summed E-state index contributed by atoms with van der Waals surface area (Å²) in [5, 5.41) is 10.9. The SMILES string of the molecule is CCCCCCCCCC(C(=O)OC)C(=O)N(c1cccc(C)c1-c1ccccc1)S(=O)(=O)c1cc(C(=N)NC(=O)OC(C)(C)C)sc1SC. The van der Waals surface area contributed by atoms with Crippen molar-refractivity contribution in [2.45, 2.75) is 101 Å². The number of thiophene rings is 1. The first-order valence-electron chi connectivity index (χ1n) is 16.7. The fourth-order valence-electron chi connectivity index (χ4n) is 5.47. The van der Waals surface area contributed by atoms with E-state index in [0.29, 0.717) is 21.8 Å². The van der Waals surface area contributed by atoms with Gasteiger partial charge in [0.2, 0.25) is 0 Å². The highest BCUT2D eigenvalue weighted by molar-refractivity contribution is 8.01. The van der Waals surface area contributed by atoms with Gasteiger partial charge in [0.15, 0.2) is 0 Å². The second-order valence-electron chi connectivity index (χ2n) is 12.9. The molecule has 2 N–H and O–H groups in total. The Bertz CT molecular complexity index is 1750. The molecule has 2 amide bonds. The third-order valence-corrected chi connectivity index (χ3v) is 12.1. The number of nitrogens with one attached hydrogen (secondary N) is 2. The van der Waals surface area contributed by atoms with Crippen LogP contribution in [0.4, 0.5) is 10.5 Å². The fraction of sp³-hybridized carbons (Fsp3) is 0.459. The van der Waals surface area contributed by atoms with Crippen LogP contribution in [0, 0.1) is 18.3 Å². The Hall–Kier alpha value is -3.68. The average molecular weight is 744 g/mol.